The van der Waals surface area contributed by atoms with E-state index >= 15 is 0 Å². The van der Waals surface area contributed by atoms with Crippen molar-refractivity contribution in [1.82, 2.24) is 0 Å². The summed E-state index contributed by atoms with van der Waals surface area (Å²) in [5.41, 5.74) is 7.73. The van der Waals surface area contributed by atoms with Crippen LogP contribution in [-0.4, -0.2) is 33.4 Å². The first kappa shape index (κ1) is 14.8. The predicted octanol–water partition coefficient (Wildman–Crippen LogP) is 2.17. The third-order valence-electron chi connectivity index (χ3n) is 2.84. The molecule has 4 nitrogen and oxygen atoms in total. The van der Waals surface area contributed by atoms with Gasteiger partial charge in [0.2, 0.25) is 0 Å². The Morgan fingerprint density at radius 3 is 2.72 bits per heavy atom. The lowest BCUT2D eigenvalue weighted by molar-refractivity contribution is 0.182. The van der Waals surface area contributed by atoms with E-state index in [1.165, 1.54) is 5.56 Å². The second-order valence-corrected chi connectivity index (χ2v) is 4.43. The molecule has 0 aliphatic carbocycles. The standard InChI is InChI=1S/C14H24N2O2/c1-11-6-7-13(14(9-11)18-3)16-12(10-17-2)5-4-8-15/h6-7,9,12,16H,4-5,8,10,15H2,1-3H3. The number of nitrogens with two attached hydrogens (primary N) is 1. The minimum Gasteiger partial charge on any atom is -0.495 e. The van der Waals surface area contributed by atoms with Gasteiger partial charge in [-0.3, -0.25) is 0 Å². The minimum absolute atomic E-state index is 0.259. The van der Waals surface area contributed by atoms with Crippen molar-refractivity contribution < 1.29 is 9.47 Å². The average molecular weight is 252 g/mol. The fraction of sp³-hybridized carbons (Fsp3) is 0.571. The van der Waals surface area contributed by atoms with Gasteiger partial charge in [0, 0.05) is 13.2 Å². The van der Waals surface area contributed by atoms with Crippen molar-refractivity contribution in [2.45, 2.75) is 25.8 Å². The first-order valence-corrected chi connectivity index (χ1v) is 6.31. The molecule has 4 heteroatoms. The third kappa shape index (κ3) is 4.55. The number of rotatable bonds is 8. The number of benzene rings is 1. The molecule has 0 amide bonds. The molecule has 3 N–H and O–H groups in total. The summed E-state index contributed by atoms with van der Waals surface area (Å²) in [6.45, 7) is 3.41. The third-order valence-corrected chi connectivity index (χ3v) is 2.84. The highest BCUT2D eigenvalue weighted by Gasteiger charge is 2.11. The van der Waals surface area contributed by atoms with Gasteiger partial charge in [0.25, 0.3) is 0 Å². The number of nitrogens with one attached hydrogen (secondary N) is 1. The molecule has 0 aliphatic rings. The zero-order chi connectivity index (χ0) is 13.4. The largest absolute Gasteiger partial charge is 0.495 e. The first-order valence-electron chi connectivity index (χ1n) is 6.31. The Bertz CT molecular complexity index is 356. The van der Waals surface area contributed by atoms with Crippen molar-refractivity contribution in [3.05, 3.63) is 23.8 Å². The van der Waals surface area contributed by atoms with Crippen LogP contribution >= 0.6 is 0 Å². The van der Waals surface area contributed by atoms with Crippen LogP contribution in [0.4, 0.5) is 5.69 Å². The maximum atomic E-state index is 5.55. The van der Waals surface area contributed by atoms with E-state index in [-0.39, 0.29) is 6.04 Å². The monoisotopic (exact) mass is 252 g/mol. The number of ether oxygens (including phenoxy) is 2. The molecule has 102 valence electrons. The molecule has 0 heterocycles. The van der Waals surface area contributed by atoms with E-state index in [1.54, 1.807) is 14.2 Å². The lowest BCUT2D eigenvalue weighted by atomic mass is 10.1. The Balaban J connectivity index is 2.72. The fourth-order valence-corrected chi connectivity index (χ4v) is 1.90. The molecule has 18 heavy (non-hydrogen) atoms. The van der Waals surface area contributed by atoms with Crippen molar-refractivity contribution in [2.75, 3.05) is 32.7 Å². The minimum atomic E-state index is 0.259. The second kappa shape index (κ2) is 7.95. The SMILES string of the molecule is COCC(CCCN)Nc1ccc(C)cc1OC. The van der Waals surface area contributed by atoms with E-state index in [0.717, 1.165) is 24.3 Å². The molecule has 0 saturated heterocycles. The Labute approximate surface area is 109 Å². The summed E-state index contributed by atoms with van der Waals surface area (Å²) in [6, 6.07) is 6.39. The summed E-state index contributed by atoms with van der Waals surface area (Å²) in [5, 5.41) is 3.46. The summed E-state index contributed by atoms with van der Waals surface area (Å²) < 4.78 is 10.6. The molecule has 1 aromatic carbocycles. The highest BCUT2D eigenvalue weighted by Crippen LogP contribution is 2.26. The molecule has 1 atom stereocenters. The Morgan fingerprint density at radius 2 is 2.11 bits per heavy atom. The molecular formula is C14H24N2O2. The van der Waals surface area contributed by atoms with E-state index in [1.807, 2.05) is 19.1 Å². The van der Waals surface area contributed by atoms with Crippen molar-refractivity contribution in [1.29, 1.82) is 0 Å². The lowest BCUT2D eigenvalue weighted by Gasteiger charge is -2.20. The number of hydrogen-bond donors (Lipinski definition) is 2. The molecule has 0 radical (unpaired) electrons. The van der Waals surface area contributed by atoms with Crippen LogP contribution in [0.3, 0.4) is 0 Å². The summed E-state index contributed by atoms with van der Waals surface area (Å²) in [6.07, 6.45) is 1.97. The van der Waals surface area contributed by atoms with E-state index in [0.29, 0.717) is 13.2 Å². The van der Waals surface area contributed by atoms with Crippen LogP contribution in [0, 0.1) is 6.92 Å². The molecule has 0 aliphatic heterocycles. The zero-order valence-electron chi connectivity index (χ0n) is 11.5. The Kier molecular flexibility index (Phi) is 6.54. The highest BCUT2D eigenvalue weighted by molar-refractivity contribution is 5.58. The molecule has 0 aromatic heterocycles. The van der Waals surface area contributed by atoms with Crippen LogP contribution in [0.2, 0.25) is 0 Å². The van der Waals surface area contributed by atoms with Gasteiger partial charge >= 0.3 is 0 Å². The van der Waals surface area contributed by atoms with E-state index in [4.69, 9.17) is 15.2 Å². The number of hydrogen-bond acceptors (Lipinski definition) is 4. The first-order chi connectivity index (χ1) is 8.71. The topological polar surface area (TPSA) is 56.5 Å². The van der Waals surface area contributed by atoms with Crippen molar-refractivity contribution in [3.8, 4) is 5.75 Å². The van der Waals surface area contributed by atoms with Crippen molar-refractivity contribution >= 4 is 5.69 Å². The Hall–Kier alpha value is -1.26. The van der Waals surface area contributed by atoms with Crippen LogP contribution in [0.15, 0.2) is 18.2 Å². The molecule has 0 bridgehead atoms. The number of methoxy groups -OCH3 is 2. The summed E-state index contributed by atoms with van der Waals surface area (Å²) >= 11 is 0. The van der Waals surface area contributed by atoms with Crippen LogP contribution in [0.5, 0.6) is 5.75 Å². The van der Waals surface area contributed by atoms with Gasteiger partial charge in [-0.05, 0) is 44.0 Å². The quantitative estimate of drug-likeness (QED) is 0.744. The Morgan fingerprint density at radius 1 is 1.33 bits per heavy atom. The average Bonchev–Trinajstić information content (AvgIpc) is 2.38. The molecular weight excluding hydrogens is 228 g/mol. The van der Waals surface area contributed by atoms with E-state index < -0.39 is 0 Å². The maximum Gasteiger partial charge on any atom is 0.142 e. The van der Waals surface area contributed by atoms with Gasteiger partial charge in [0.15, 0.2) is 0 Å². The van der Waals surface area contributed by atoms with E-state index in [2.05, 4.69) is 11.4 Å². The summed E-state index contributed by atoms with van der Waals surface area (Å²) in [7, 11) is 3.40. The number of aryl methyl sites for hydroxylation is 1. The van der Waals surface area contributed by atoms with Gasteiger partial charge in [-0.2, -0.15) is 0 Å². The normalized spacial score (nSPS) is 12.2. The molecule has 0 fully saturated rings. The van der Waals surface area contributed by atoms with Gasteiger partial charge in [0.05, 0.1) is 19.4 Å². The van der Waals surface area contributed by atoms with Crippen LogP contribution < -0.4 is 15.8 Å². The van der Waals surface area contributed by atoms with Crippen LogP contribution in [-0.2, 0) is 4.74 Å². The van der Waals surface area contributed by atoms with Crippen molar-refractivity contribution in [3.63, 3.8) is 0 Å². The maximum absolute atomic E-state index is 5.55. The molecule has 0 spiro atoms. The highest BCUT2D eigenvalue weighted by atomic mass is 16.5. The molecule has 1 aromatic rings. The molecule has 1 unspecified atom stereocenters. The predicted molar refractivity (Wildman–Crippen MR) is 75.3 cm³/mol. The van der Waals surface area contributed by atoms with Gasteiger partial charge in [-0.1, -0.05) is 6.07 Å². The molecule has 0 saturated carbocycles. The second-order valence-electron chi connectivity index (χ2n) is 4.43. The zero-order valence-corrected chi connectivity index (χ0v) is 11.5. The van der Waals surface area contributed by atoms with Gasteiger partial charge in [-0.15, -0.1) is 0 Å². The van der Waals surface area contributed by atoms with Crippen LogP contribution in [0.1, 0.15) is 18.4 Å². The fourth-order valence-electron chi connectivity index (χ4n) is 1.90. The van der Waals surface area contributed by atoms with E-state index in [9.17, 15) is 0 Å². The van der Waals surface area contributed by atoms with Gasteiger partial charge in [-0.25, -0.2) is 0 Å². The van der Waals surface area contributed by atoms with Crippen LogP contribution in [0.25, 0.3) is 0 Å². The smallest absolute Gasteiger partial charge is 0.142 e. The summed E-state index contributed by atoms with van der Waals surface area (Å²) in [4.78, 5) is 0. The summed E-state index contributed by atoms with van der Waals surface area (Å²) in [5.74, 6) is 0.865. The van der Waals surface area contributed by atoms with Gasteiger partial charge in [0.1, 0.15) is 5.75 Å². The van der Waals surface area contributed by atoms with Crippen molar-refractivity contribution in [2.24, 2.45) is 5.73 Å². The lowest BCUT2D eigenvalue weighted by Crippen LogP contribution is -2.26. The molecule has 1 rings (SSSR count). The van der Waals surface area contributed by atoms with Gasteiger partial charge < -0.3 is 20.5 Å². The number of anilines is 1.